The van der Waals surface area contributed by atoms with Crippen LogP contribution < -0.4 is 15.4 Å². The van der Waals surface area contributed by atoms with Crippen molar-refractivity contribution >= 4 is 17.5 Å². The average molecular weight is 477 g/mol. The second-order valence-electron chi connectivity index (χ2n) is 10.5. The lowest BCUT2D eigenvalue weighted by Gasteiger charge is -2.45. The maximum Gasteiger partial charge on any atom is 0.439 e. The van der Waals surface area contributed by atoms with Crippen LogP contribution in [0, 0.1) is 0 Å². The van der Waals surface area contributed by atoms with Gasteiger partial charge in [0.25, 0.3) is 0 Å². The van der Waals surface area contributed by atoms with E-state index in [4.69, 9.17) is 9.47 Å². The van der Waals surface area contributed by atoms with Crippen molar-refractivity contribution in [1.29, 1.82) is 0 Å². The van der Waals surface area contributed by atoms with Crippen LogP contribution in [-0.4, -0.2) is 44.9 Å². The number of carbonyl (C=O) groups excluding carboxylic acids is 1. The Labute approximate surface area is 202 Å². The molecule has 35 heavy (non-hydrogen) atoms. The minimum atomic E-state index is -0.599. The highest BCUT2D eigenvalue weighted by molar-refractivity contribution is 5.81. The van der Waals surface area contributed by atoms with Crippen molar-refractivity contribution in [2.75, 3.05) is 4.90 Å². The molecule has 3 aromatic rings. The number of hydrogen-bond donors (Lipinski definition) is 1. The minimum absolute atomic E-state index is 0.145. The first kappa shape index (κ1) is 21.8. The van der Waals surface area contributed by atoms with Gasteiger partial charge in [-0.1, -0.05) is 17.3 Å². The number of rotatable bonds is 2. The molecule has 2 saturated heterocycles. The van der Waals surface area contributed by atoms with E-state index in [1.807, 2.05) is 62.1 Å². The Balaban J connectivity index is 1.34. The van der Waals surface area contributed by atoms with E-state index in [1.54, 1.807) is 0 Å². The zero-order valence-electron chi connectivity index (χ0n) is 20.0. The van der Waals surface area contributed by atoms with Crippen molar-refractivity contribution in [2.24, 2.45) is 0 Å². The lowest BCUT2D eigenvalue weighted by atomic mass is 9.94. The summed E-state index contributed by atoms with van der Waals surface area (Å²) in [5, 5.41) is 3.80. The molecule has 0 spiro atoms. The molecular weight excluding hydrogens is 448 g/mol. The summed E-state index contributed by atoms with van der Waals surface area (Å²) in [5.74, 6) is 1.22. The van der Waals surface area contributed by atoms with Crippen LogP contribution >= 0.6 is 0 Å². The maximum absolute atomic E-state index is 13.0. The van der Waals surface area contributed by atoms with Gasteiger partial charge in [0.05, 0.1) is 11.4 Å². The van der Waals surface area contributed by atoms with E-state index >= 15 is 0 Å². The van der Waals surface area contributed by atoms with Crippen LogP contribution in [0.2, 0.25) is 0 Å². The molecule has 182 valence electrons. The summed E-state index contributed by atoms with van der Waals surface area (Å²) in [6.45, 7) is 5.72. The Bertz CT molecular complexity index is 1330. The average Bonchev–Trinajstić information content (AvgIpc) is 3.36. The number of anilines is 2. The van der Waals surface area contributed by atoms with Crippen LogP contribution in [0.5, 0.6) is 11.5 Å². The molecule has 0 saturated carbocycles. The number of hydrogen-bond acceptors (Lipinski definition) is 7. The number of amides is 1. The van der Waals surface area contributed by atoms with Crippen LogP contribution in [0.15, 0.2) is 51.8 Å². The van der Waals surface area contributed by atoms with Crippen LogP contribution in [0.25, 0.3) is 11.4 Å². The molecule has 0 radical (unpaired) electrons. The highest BCUT2D eigenvalue weighted by Gasteiger charge is 2.47. The maximum atomic E-state index is 13.0. The predicted octanol–water partition coefficient (Wildman–Crippen LogP) is 5.20. The molecule has 3 aliphatic heterocycles. The van der Waals surface area contributed by atoms with E-state index in [1.165, 1.54) is 0 Å². The van der Waals surface area contributed by atoms with Crippen molar-refractivity contribution in [3.05, 3.63) is 53.0 Å². The molecule has 2 unspecified atom stereocenters. The number of piperidine rings is 1. The fraction of sp³-hybridized carbons (Fsp3) is 0.423. The summed E-state index contributed by atoms with van der Waals surface area (Å²) in [5.41, 5.74) is 2.15. The van der Waals surface area contributed by atoms with Crippen molar-refractivity contribution < 1.29 is 18.8 Å². The molecule has 2 aromatic carbocycles. The number of aromatic amines is 1. The summed E-state index contributed by atoms with van der Waals surface area (Å²) < 4.78 is 16.7. The highest BCUT2D eigenvalue weighted by Crippen LogP contribution is 2.51. The van der Waals surface area contributed by atoms with Gasteiger partial charge in [0.15, 0.2) is 17.3 Å². The Morgan fingerprint density at radius 2 is 1.74 bits per heavy atom. The third kappa shape index (κ3) is 3.84. The molecular formula is C26H28N4O5. The fourth-order valence-electron chi connectivity index (χ4n) is 5.65. The third-order valence-electron chi connectivity index (χ3n) is 6.96. The number of fused-ring (bicyclic) bond motifs is 4. The van der Waals surface area contributed by atoms with E-state index in [-0.39, 0.29) is 24.2 Å². The summed E-state index contributed by atoms with van der Waals surface area (Å²) >= 11 is 0. The van der Waals surface area contributed by atoms with Crippen molar-refractivity contribution in [1.82, 2.24) is 15.0 Å². The molecule has 2 atom stereocenters. The van der Waals surface area contributed by atoms with Crippen LogP contribution in [0.3, 0.4) is 0 Å². The molecule has 2 bridgehead atoms. The number of nitrogens with zero attached hydrogens (tertiary/aromatic N) is 3. The van der Waals surface area contributed by atoms with E-state index in [0.717, 1.165) is 42.8 Å². The van der Waals surface area contributed by atoms with Crippen LogP contribution in [-0.2, 0) is 4.74 Å². The SMILES string of the molecule is CC(C)(C)OC(=O)N1C2CCC1CC(N1c3ccccc3Oc3cc(-c4noc(=O)[nH]4)ccc31)C2. The molecule has 1 aromatic heterocycles. The van der Waals surface area contributed by atoms with E-state index in [9.17, 15) is 9.59 Å². The molecule has 1 N–H and O–H groups in total. The highest BCUT2D eigenvalue weighted by atomic mass is 16.6. The number of carbonyl (C=O) groups is 1. The first-order valence-corrected chi connectivity index (χ1v) is 12.0. The molecule has 1 amide bonds. The third-order valence-corrected chi connectivity index (χ3v) is 6.96. The number of H-pyrrole nitrogens is 1. The van der Waals surface area contributed by atoms with Gasteiger partial charge in [-0.3, -0.25) is 9.51 Å². The Morgan fingerprint density at radius 3 is 2.43 bits per heavy atom. The number of ether oxygens (including phenoxy) is 2. The van der Waals surface area contributed by atoms with E-state index in [0.29, 0.717) is 17.1 Å². The van der Waals surface area contributed by atoms with E-state index in [2.05, 4.69) is 25.6 Å². The summed E-state index contributed by atoms with van der Waals surface area (Å²) in [4.78, 5) is 31.3. The van der Waals surface area contributed by atoms with Crippen molar-refractivity contribution in [3.8, 4) is 22.9 Å². The van der Waals surface area contributed by atoms with Gasteiger partial charge in [0, 0.05) is 23.7 Å². The second kappa shape index (κ2) is 7.90. The first-order chi connectivity index (χ1) is 16.8. The molecule has 9 nitrogen and oxygen atoms in total. The molecule has 2 fully saturated rings. The topological polar surface area (TPSA) is 101 Å². The van der Waals surface area contributed by atoms with Crippen LogP contribution in [0.1, 0.15) is 46.5 Å². The molecule has 0 aliphatic carbocycles. The van der Waals surface area contributed by atoms with Gasteiger partial charge >= 0.3 is 11.8 Å². The van der Waals surface area contributed by atoms with E-state index < -0.39 is 11.4 Å². The Morgan fingerprint density at radius 1 is 1.03 bits per heavy atom. The molecule has 3 aliphatic rings. The van der Waals surface area contributed by atoms with Gasteiger partial charge in [0.2, 0.25) is 0 Å². The standard InChI is InChI=1S/C26H28N4O5/c1-26(2,3)34-25(32)29-16-9-10-17(29)14-18(13-16)30-19-6-4-5-7-21(19)33-22-12-15(8-11-20(22)30)23-27-24(31)35-28-23/h4-8,11-12,16-18H,9-10,13-14H2,1-3H3,(H,27,28,31). The zero-order valence-corrected chi connectivity index (χ0v) is 20.0. The van der Waals surface area contributed by atoms with Gasteiger partial charge in [-0.2, -0.15) is 0 Å². The fourth-order valence-corrected chi connectivity index (χ4v) is 5.65. The zero-order chi connectivity index (χ0) is 24.3. The normalized spacial score (nSPS) is 22.9. The van der Waals surface area contributed by atoms with Gasteiger partial charge in [-0.25, -0.2) is 9.59 Å². The smallest absolute Gasteiger partial charge is 0.439 e. The van der Waals surface area contributed by atoms with Gasteiger partial charge < -0.3 is 19.3 Å². The Hall–Kier alpha value is -3.75. The van der Waals surface area contributed by atoms with Crippen molar-refractivity contribution in [2.45, 2.75) is 70.2 Å². The lowest BCUT2D eigenvalue weighted by molar-refractivity contribution is 0.00613. The largest absolute Gasteiger partial charge is 0.453 e. The van der Waals surface area contributed by atoms with Gasteiger partial charge in [-0.05, 0) is 76.8 Å². The second-order valence-corrected chi connectivity index (χ2v) is 10.5. The van der Waals surface area contributed by atoms with Gasteiger partial charge in [0.1, 0.15) is 5.60 Å². The predicted molar refractivity (Wildman–Crippen MR) is 129 cm³/mol. The first-order valence-electron chi connectivity index (χ1n) is 12.0. The molecule has 9 heteroatoms. The molecule has 4 heterocycles. The lowest BCUT2D eigenvalue weighted by Crippen LogP contribution is -2.53. The molecule has 6 rings (SSSR count). The summed E-state index contributed by atoms with van der Waals surface area (Å²) in [6, 6.07) is 14.3. The number of benzene rings is 2. The number of aromatic nitrogens is 2. The van der Waals surface area contributed by atoms with Gasteiger partial charge in [-0.15, -0.1) is 0 Å². The quantitative estimate of drug-likeness (QED) is 0.542. The van der Waals surface area contributed by atoms with Crippen LogP contribution in [0.4, 0.5) is 16.2 Å². The number of nitrogens with one attached hydrogen (secondary N) is 1. The minimum Gasteiger partial charge on any atom is -0.453 e. The summed E-state index contributed by atoms with van der Waals surface area (Å²) in [7, 11) is 0. The monoisotopic (exact) mass is 476 g/mol. The Kier molecular flexibility index (Phi) is 4.91. The van der Waals surface area contributed by atoms with Crippen molar-refractivity contribution in [3.63, 3.8) is 0 Å². The number of para-hydroxylation sites is 2. The summed E-state index contributed by atoms with van der Waals surface area (Å²) in [6.07, 6.45) is 3.46.